The Labute approximate surface area is 195 Å². The quantitative estimate of drug-likeness (QED) is 0.402. The minimum atomic E-state index is -0.751. The number of piperazine rings is 1. The highest BCUT2D eigenvalue weighted by Gasteiger charge is 2.25. The zero-order valence-electron chi connectivity index (χ0n) is 17.9. The zero-order valence-corrected chi connectivity index (χ0v) is 18.6. The van der Waals surface area contributed by atoms with Gasteiger partial charge >= 0.3 is 5.97 Å². The lowest BCUT2D eigenvalue weighted by molar-refractivity contribution is 0.0653. The van der Waals surface area contributed by atoms with Gasteiger partial charge < -0.3 is 14.5 Å². The monoisotopic (exact) mass is 470 g/mol. The predicted molar refractivity (Wildman–Crippen MR) is 122 cm³/mol. The van der Waals surface area contributed by atoms with Gasteiger partial charge in [-0.2, -0.15) is 0 Å². The van der Waals surface area contributed by atoms with E-state index in [4.69, 9.17) is 16.3 Å². The topological polar surface area (TPSA) is 49.9 Å². The summed E-state index contributed by atoms with van der Waals surface area (Å²) in [7, 11) is 1.97. The van der Waals surface area contributed by atoms with E-state index in [1.165, 1.54) is 36.4 Å². The third-order valence-electron chi connectivity index (χ3n) is 5.53. The average molecular weight is 471 g/mol. The van der Waals surface area contributed by atoms with Crippen LogP contribution in [-0.4, -0.2) is 54.9 Å². The minimum absolute atomic E-state index is 0.0603. The van der Waals surface area contributed by atoms with Crippen LogP contribution in [0.25, 0.3) is 11.1 Å². The highest BCUT2D eigenvalue weighted by Crippen LogP contribution is 2.30. The molecule has 4 rings (SSSR count). The van der Waals surface area contributed by atoms with Crippen LogP contribution >= 0.6 is 11.6 Å². The Morgan fingerprint density at radius 2 is 1.61 bits per heavy atom. The summed E-state index contributed by atoms with van der Waals surface area (Å²) in [5, 5.41) is 0.475. The van der Waals surface area contributed by atoms with Crippen LogP contribution in [-0.2, 0) is 0 Å². The summed E-state index contributed by atoms with van der Waals surface area (Å²) < 4.78 is 33.3. The molecule has 1 aliphatic rings. The van der Waals surface area contributed by atoms with E-state index in [9.17, 15) is 18.4 Å². The summed E-state index contributed by atoms with van der Waals surface area (Å²) in [6.07, 6.45) is 0. The number of nitrogens with zero attached hydrogens (tertiary/aromatic N) is 2. The van der Waals surface area contributed by atoms with Gasteiger partial charge in [0.25, 0.3) is 5.91 Å². The number of hydrogen-bond acceptors (Lipinski definition) is 4. The smallest absolute Gasteiger partial charge is 0.343 e. The molecule has 0 aromatic heterocycles. The molecule has 1 heterocycles. The third kappa shape index (κ3) is 5.21. The van der Waals surface area contributed by atoms with Crippen molar-refractivity contribution in [1.29, 1.82) is 0 Å². The second kappa shape index (κ2) is 9.68. The summed E-state index contributed by atoms with van der Waals surface area (Å²) in [5.41, 5.74) is 0.907. The van der Waals surface area contributed by atoms with Gasteiger partial charge in [0.05, 0.1) is 11.1 Å². The van der Waals surface area contributed by atoms with E-state index in [2.05, 4.69) is 4.90 Å². The van der Waals surface area contributed by atoms with Crippen molar-refractivity contribution >= 4 is 23.5 Å². The number of carbonyl (C=O) groups is 2. The van der Waals surface area contributed by atoms with Gasteiger partial charge in [-0.1, -0.05) is 17.7 Å². The van der Waals surface area contributed by atoms with E-state index in [1.54, 1.807) is 17.0 Å². The molecule has 1 saturated heterocycles. The van der Waals surface area contributed by atoms with E-state index in [0.717, 1.165) is 12.1 Å². The molecule has 5 nitrogen and oxygen atoms in total. The van der Waals surface area contributed by atoms with Crippen molar-refractivity contribution < 1.29 is 23.1 Å². The second-order valence-electron chi connectivity index (χ2n) is 7.83. The molecule has 0 spiro atoms. The van der Waals surface area contributed by atoms with Crippen molar-refractivity contribution in [3.05, 3.63) is 88.4 Å². The molecule has 0 aliphatic carbocycles. The number of ether oxygens (including phenoxy) is 1. The highest BCUT2D eigenvalue weighted by molar-refractivity contribution is 6.30. The number of likely N-dealkylation sites (N-methyl/N-ethyl adjacent to an activating group) is 1. The van der Waals surface area contributed by atoms with Crippen molar-refractivity contribution in [2.24, 2.45) is 0 Å². The summed E-state index contributed by atoms with van der Waals surface area (Å²) in [4.78, 5) is 29.8. The van der Waals surface area contributed by atoms with Crippen LogP contribution in [0.4, 0.5) is 8.78 Å². The summed E-state index contributed by atoms with van der Waals surface area (Å²) >= 11 is 5.88. The molecular formula is C25H21ClF2N2O3. The molecule has 0 unspecified atom stereocenters. The van der Waals surface area contributed by atoms with Gasteiger partial charge in [0.15, 0.2) is 0 Å². The Morgan fingerprint density at radius 3 is 2.27 bits per heavy atom. The molecule has 0 atom stereocenters. The number of esters is 1. The number of benzene rings is 3. The Bertz CT molecular complexity index is 1190. The lowest BCUT2D eigenvalue weighted by Crippen LogP contribution is -2.47. The van der Waals surface area contributed by atoms with E-state index in [0.29, 0.717) is 36.8 Å². The highest BCUT2D eigenvalue weighted by atomic mass is 35.5. The Kier molecular flexibility index (Phi) is 6.72. The Hall–Kier alpha value is -3.29. The van der Waals surface area contributed by atoms with Gasteiger partial charge in [-0.05, 0) is 61.1 Å². The molecular weight excluding hydrogens is 450 g/mol. The molecule has 8 heteroatoms. The van der Waals surface area contributed by atoms with Crippen LogP contribution < -0.4 is 4.74 Å². The third-order valence-corrected chi connectivity index (χ3v) is 5.78. The maximum Gasteiger partial charge on any atom is 0.343 e. The molecule has 1 fully saturated rings. The SMILES string of the molecule is CN1CCN(C(=O)c2cc(-c3ccc(F)cc3F)ccc2OC(=O)c2ccc(Cl)cc2)CC1. The Balaban J connectivity index is 1.70. The molecule has 1 amide bonds. The van der Waals surface area contributed by atoms with Crippen molar-refractivity contribution in [3.8, 4) is 16.9 Å². The van der Waals surface area contributed by atoms with Gasteiger partial charge in [-0.15, -0.1) is 0 Å². The molecule has 1 aliphatic heterocycles. The first-order chi connectivity index (χ1) is 15.8. The van der Waals surface area contributed by atoms with Gasteiger partial charge in [-0.3, -0.25) is 4.79 Å². The number of amides is 1. The van der Waals surface area contributed by atoms with Crippen molar-refractivity contribution in [1.82, 2.24) is 9.80 Å². The zero-order chi connectivity index (χ0) is 23.5. The van der Waals surface area contributed by atoms with Crippen LogP contribution in [0.15, 0.2) is 60.7 Å². The van der Waals surface area contributed by atoms with E-state index in [-0.39, 0.29) is 28.3 Å². The van der Waals surface area contributed by atoms with Crippen LogP contribution in [0.3, 0.4) is 0 Å². The van der Waals surface area contributed by atoms with Crippen LogP contribution in [0.5, 0.6) is 5.75 Å². The molecule has 0 N–H and O–H groups in total. The van der Waals surface area contributed by atoms with Gasteiger partial charge in [-0.25, -0.2) is 13.6 Å². The first-order valence-electron chi connectivity index (χ1n) is 10.4. The second-order valence-corrected chi connectivity index (χ2v) is 8.26. The predicted octanol–water partition coefficient (Wildman–Crippen LogP) is 4.89. The van der Waals surface area contributed by atoms with Crippen molar-refractivity contribution in [2.45, 2.75) is 0 Å². The summed E-state index contributed by atoms with van der Waals surface area (Å²) in [6, 6.07) is 13.9. The molecule has 3 aromatic rings. The first-order valence-corrected chi connectivity index (χ1v) is 10.7. The fraction of sp³-hybridized carbons (Fsp3) is 0.200. The first kappa shape index (κ1) is 22.9. The summed E-state index contributed by atoms with van der Waals surface area (Å²) in [6.45, 7) is 2.43. The molecule has 0 bridgehead atoms. The molecule has 0 radical (unpaired) electrons. The number of carbonyl (C=O) groups excluding carboxylic acids is 2. The lowest BCUT2D eigenvalue weighted by atomic mass is 10.0. The number of halogens is 3. The van der Waals surface area contributed by atoms with Crippen LogP contribution in [0.2, 0.25) is 5.02 Å². The maximum absolute atomic E-state index is 14.4. The summed E-state index contributed by atoms with van der Waals surface area (Å²) in [5.74, 6) is -2.37. The molecule has 3 aromatic carbocycles. The number of hydrogen-bond donors (Lipinski definition) is 0. The van der Waals surface area contributed by atoms with Gasteiger partial charge in [0.2, 0.25) is 0 Å². The average Bonchev–Trinajstić information content (AvgIpc) is 2.80. The maximum atomic E-state index is 14.4. The van der Waals surface area contributed by atoms with Gasteiger partial charge in [0, 0.05) is 42.8 Å². The van der Waals surface area contributed by atoms with E-state index >= 15 is 0 Å². The molecule has 33 heavy (non-hydrogen) atoms. The fourth-order valence-corrected chi connectivity index (χ4v) is 3.73. The molecule has 0 saturated carbocycles. The van der Waals surface area contributed by atoms with E-state index in [1.807, 2.05) is 7.05 Å². The fourth-order valence-electron chi connectivity index (χ4n) is 3.60. The number of rotatable bonds is 4. The van der Waals surface area contributed by atoms with Crippen LogP contribution in [0.1, 0.15) is 20.7 Å². The minimum Gasteiger partial charge on any atom is -0.422 e. The standard InChI is InChI=1S/C25H21ClF2N2O3/c1-29-10-12-30(13-11-29)24(31)21-14-17(20-8-7-19(27)15-22(20)28)4-9-23(21)33-25(32)16-2-5-18(26)6-3-16/h2-9,14-15H,10-13H2,1H3. The van der Waals surface area contributed by atoms with Gasteiger partial charge in [0.1, 0.15) is 17.4 Å². The van der Waals surface area contributed by atoms with E-state index < -0.39 is 17.6 Å². The van der Waals surface area contributed by atoms with Crippen molar-refractivity contribution in [3.63, 3.8) is 0 Å². The lowest BCUT2D eigenvalue weighted by Gasteiger charge is -2.32. The van der Waals surface area contributed by atoms with Crippen LogP contribution in [0, 0.1) is 11.6 Å². The Morgan fingerprint density at radius 1 is 0.909 bits per heavy atom. The normalized spacial score (nSPS) is 14.2. The molecule has 170 valence electrons. The van der Waals surface area contributed by atoms with Crippen molar-refractivity contribution in [2.75, 3.05) is 33.2 Å². The largest absolute Gasteiger partial charge is 0.422 e.